The van der Waals surface area contributed by atoms with Gasteiger partial charge in [0.1, 0.15) is 12.1 Å². The second kappa shape index (κ2) is 8.14. The number of anilines is 1. The lowest BCUT2D eigenvalue weighted by atomic mass is 10.2. The maximum Gasteiger partial charge on any atom is 0.410 e. The molecule has 5 nitrogen and oxygen atoms in total. The van der Waals surface area contributed by atoms with Gasteiger partial charge in [-0.2, -0.15) is 8.78 Å². The standard InChI is InChI=1S/C15H20F2N2O3S/c1-15(2,3)22-14(21)19(4)9-12(20)18-10-6-5-7-11(8-10)23-13(16)17/h5-8,13H,9H2,1-4H3,(H,18,20). The van der Waals surface area contributed by atoms with E-state index in [4.69, 9.17) is 4.74 Å². The molecule has 2 amide bonds. The molecule has 0 unspecified atom stereocenters. The maximum atomic E-state index is 12.3. The van der Waals surface area contributed by atoms with Crippen molar-refractivity contribution in [2.45, 2.75) is 37.0 Å². The molecule has 0 fully saturated rings. The van der Waals surface area contributed by atoms with E-state index in [9.17, 15) is 18.4 Å². The minimum atomic E-state index is -2.53. The SMILES string of the molecule is CN(CC(=O)Nc1cccc(SC(F)F)c1)C(=O)OC(C)(C)C. The number of ether oxygens (including phenoxy) is 1. The van der Waals surface area contributed by atoms with Gasteiger partial charge in [0.25, 0.3) is 5.76 Å². The molecule has 1 aromatic carbocycles. The largest absolute Gasteiger partial charge is 0.444 e. The van der Waals surface area contributed by atoms with Crippen molar-refractivity contribution in [3.8, 4) is 0 Å². The van der Waals surface area contributed by atoms with Crippen LogP contribution in [0.25, 0.3) is 0 Å². The van der Waals surface area contributed by atoms with Gasteiger partial charge >= 0.3 is 6.09 Å². The first kappa shape index (κ1) is 19.2. The van der Waals surface area contributed by atoms with Crippen LogP contribution < -0.4 is 5.32 Å². The van der Waals surface area contributed by atoms with E-state index >= 15 is 0 Å². The van der Waals surface area contributed by atoms with Crippen LogP contribution >= 0.6 is 11.8 Å². The Morgan fingerprint density at radius 1 is 1.35 bits per heavy atom. The van der Waals surface area contributed by atoms with Crippen LogP contribution in [0.5, 0.6) is 0 Å². The average molecular weight is 346 g/mol. The summed E-state index contributed by atoms with van der Waals surface area (Å²) in [6.45, 7) is 4.97. The quantitative estimate of drug-likeness (QED) is 0.824. The van der Waals surface area contributed by atoms with Gasteiger partial charge in [0.05, 0.1) is 0 Å². The lowest BCUT2D eigenvalue weighted by Crippen LogP contribution is -2.38. The van der Waals surface area contributed by atoms with Crippen molar-refractivity contribution in [3.05, 3.63) is 24.3 Å². The molecule has 1 rings (SSSR count). The zero-order chi connectivity index (χ0) is 17.6. The van der Waals surface area contributed by atoms with Gasteiger partial charge in [-0.3, -0.25) is 4.79 Å². The highest BCUT2D eigenvalue weighted by molar-refractivity contribution is 7.99. The van der Waals surface area contributed by atoms with Crippen LogP contribution in [0.3, 0.4) is 0 Å². The van der Waals surface area contributed by atoms with Gasteiger partial charge in [-0.1, -0.05) is 17.8 Å². The van der Waals surface area contributed by atoms with Crippen molar-refractivity contribution >= 4 is 29.4 Å². The van der Waals surface area contributed by atoms with E-state index in [1.807, 2.05) is 0 Å². The number of alkyl halides is 2. The molecule has 1 aromatic rings. The van der Waals surface area contributed by atoms with Crippen LogP contribution in [0.4, 0.5) is 19.3 Å². The minimum absolute atomic E-state index is 0.207. The van der Waals surface area contributed by atoms with Crippen LogP contribution in [-0.4, -0.2) is 41.9 Å². The zero-order valence-corrected chi connectivity index (χ0v) is 14.2. The number of rotatable bonds is 5. The predicted molar refractivity (Wildman–Crippen MR) is 85.8 cm³/mol. The van der Waals surface area contributed by atoms with Gasteiger partial charge in [0.15, 0.2) is 0 Å². The Morgan fingerprint density at radius 2 is 2.00 bits per heavy atom. The van der Waals surface area contributed by atoms with Gasteiger partial charge < -0.3 is 15.0 Å². The molecule has 128 valence electrons. The number of amides is 2. The summed E-state index contributed by atoms with van der Waals surface area (Å²) >= 11 is 0.396. The van der Waals surface area contributed by atoms with Crippen LogP contribution in [-0.2, 0) is 9.53 Å². The summed E-state index contributed by atoms with van der Waals surface area (Å²) in [7, 11) is 1.44. The summed E-state index contributed by atoms with van der Waals surface area (Å²) in [4.78, 5) is 25.2. The van der Waals surface area contributed by atoms with E-state index < -0.39 is 23.4 Å². The number of hydrogen-bond acceptors (Lipinski definition) is 4. The third-order valence-electron chi connectivity index (χ3n) is 2.43. The molecule has 0 heterocycles. The second-order valence-corrected chi connectivity index (χ2v) is 6.85. The van der Waals surface area contributed by atoms with Gasteiger partial charge in [0.2, 0.25) is 5.91 Å². The first-order chi connectivity index (χ1) is 10.6. The van der Waals surface area contributed by atoms with Crippen LogP contribution in [0.2, 0.25) is 0 Å². The summed E-state index contributed by atoms with van der Waals surface area (Å²) in [6, 6.07) is 6.13. The average Bonchev–Trinajstić information content (AvgIpc) is 2.35. The smallest absolute Gasteiger partial charge is 0.410 e. The molecule has 0 aliphatic rings. The molecular weight excluding hydrogens is 326 g/mol. The van der Waals surface area contributed by atoms with E-state index in [2.05, 4.69) is 5.32 Å². The fraction of sp³-hybridized carbons (Fsp3) is 0.467. The third-order valence-corrected chi connectivity index (χ3v) is 3.13. The second-order valence-electron chi connectivity index (χ2n) is 5.79. The van der Waals surface area contributed by atoms with Gasteiger partial charge in [0, 0.05) is 17.6 Å². The summed E-state index contributed by atoms with van der Waals surface area (Å²) in [5, 5.41) is 2.56. The number of benzene rings is 1. The Morgan fingerprint density at radius 3 is 2.57 bits per heavy atom. The number of halogens is 2. The summed E-state index contributed by atoms with van der Waals surface area (Å²) in [5.41, 5.74) is -0.263. The third kappa shape index (κ3) is 7.83. The fourth-order valence-electron chi connectivity index (χ4n) is 1.57. The van der Waals surface area contributed by atoms with E-state index in [-0.39, 0.29) is 6.54 Å². The molecule has 0 saturated carbocycles. The number of thioether (sulfide) groups is 1. The van der Waals surface area contributed by atoms with E-state index in [1.165, 1.54) is 19.2 Å². The van der Waals surface area contributed by atoms with Crippen molar-refractivity contribution in [2.75, 3.05) is 18.9 Å². The maximum absolute atomic E-state index is 12.3. The van der Waals surface area contributed by atoms with Crippen molar-refractivity contribution in [3.63, 3.8) is 0 Å². The van der Waals surface area contributed by atoms with E-state index in [0.717, 1.165) is 4.90 Å². The summed E-state index contributed by atoms with van der Waals surface area (Å²) in [6.07, 6.45) is -0.616. The molecule has 0 saturated heterocycles. The highest BCUT2D eigenvalue weighted by Gasteiger charge is 2.21. The molecule has 0 spiro atoms. The lowest BCUT2D eigenvalue weighted by molar-refractivity contribution is -0.117. The molecule has 0 aliphatic carbocycles. The normalized spacial score (nSPS) is 11.3. The fourth-order valence-corrected chi connectivity index (χ4v) is 2.13. The number of carbonyl (C=O) groups excluding carboxylic acids is 2. The van der Waals surface area contributed by atoms with E-state index in [1.54, 1.807) is 32.9 Å². The van der Waals surface area contributed by atoms with Crippen LogP contribution in [0, 0.1) is 0 Å². The zero-order valence-electron chi connectivity index (χ0n) is 13.4. The summed E-state index contributed by atoms with van der Waals surface area (Å²) < 4.78 is 29.8. The van der Waals surface area contributed by atoms with E-state index in [0.29, 0.717) is 22.3 Å². The Labute approximate surface area is 138 Å². The molecule has 8 heteroatoms. The topological polar surface area (TPSA) is 58.6 Å². The number of hydrogen-bond donors (Lipinski definition) is 1. The Bertz CT molecular complexity index is 562. The van der Waals surface area contributed by atoms with Gasteiger partial charge in [-0.05, 0) is 39.0 Å². The first-order valence-electron chi connectivity index (χ1n) is 6.85. The number of carbonyl (C=O) groups is 2. The van der Waals surface area contributed by atoms with Gasteiger partial charge in [-0.25, -0.2) is 4.79 Å². The molecule has 0 radical (unpaired) electrons. The summed E-state index contributed by atoms with van der Waals surface area (Å²) in [5.74, 6) is -2.98. The number of likely N-dealkylation sites (N-methyl/N-ethyl adjacent to an activating group) is 1. The number of nitrogens with one attached hydrogen (secondary N) is 1. The molecule has 0 aromatic heterocycles. The van der Waals surface area contributed by atoms with Crippen molar-refractivity contribution in [1.82, 2.24) is 4.90 Å². The molecular formula is C15H20F2N2O3S. The highest BCUT2D eigenvalue weighted by atomic mass is 32.2. The Kier molecular flexibility index (Phi) is 6.80. The predicted octanol–water partition coefficient (Wildman–Crippen LogP) is 3.81. The van der Waals surface area contributed by atoms with Crippen molar-refractivity contribution in [1.29, 1.82) is 0 Å². The Hall–Kier alpha value is -1.83. The number of nitrogens with zero attached hydrogens (tertiary/aromatic N) is 1. The van der Waals surface area contributed by atoms with Crippen LogP contribution in [0.1, 0.15) is 20.8 Å². The molecule has 23 heavy (non-hydrogen) atoms. The first-order valence-corrected chi connectivity index (χ1v) is 7.73. The molecule has 0 aliphatic heterocycles. The molecule has 0 bridgehead atoms. The van der Waals surface area contributed by atoms with Crippen molar-refractivity contribution < 1.29 is 23.1 Å². The Balaban J connectivity index is 2.58. The lowest BCUT2D eigenvalue weighted by Gasteiger charge is -2.24. The van der Waals surface area contributed by atoms with Crippen molar-refractivity contribution in [2.24, 2.45) is 0 Å². The molecule has 1 N–H and O–H groups in total. The monoisotopic (exact) mass is 346 g/mol. The van der Waals surface area contributed by atoms with Gasteiger partial charge in [-0.15, -0.1) is 0 Å². The van der Waals surface area contributed by atoms with Crippen LogP contribution in [0.15, 0.2) is 29.2 Å². The molecule has 0 atom stereocenters. The highest BCUT2D eigenvalue weighted by Crippen LogP contribution is 2.27. The minimum Gasteiger partial charge on any atom is -0.444 e.